The van der Waals surface area contributed by atoms with Crippen LogP contribution >= 0.6 is 11.6 Å². The van der Waals surface area contributed by atoms with Crippen molar-refractivity contribution in [2.24, 2.45) is 11.7 Å². The number of rotatable bonds is 5. The number of nitrogens with zero attached hydrogens (tertiary/aromatic N) is 1. The maximum atomic E-state index is 12.5. The van der Waals surface area contributed by atoms with Crippen LogP contribution in [0.3, 0.4) is 0 Å². The normalized spacial score (nSPS) is 17.9. The van der Waals surface area contributed by atoms with Crippen LogP contribution in [0.5, 0.6) is 0 Å². The molecule has 0 heterocycles. The van der Waals surface area contributed by atoms with Gasteiger partial charge in [-0.25, -0.2) is 13.1 Å². The second-order valence-electron chi connectivity index (χ2n) is 5.62. The summed E-state index contributed by atoms with van der Waals surface area (Å²) in [5, 5.41) is 8.98. The molecule has 1 atom stereocenters. The van der Waals surface area contributed by atoms with Gasteiger partial charge in [-0.1, -0.05) is 30.9 Å². The maximum Gasteiger partial charge on any atom is 0.240 e. The van der Waals surface area contributed by atoms with E-state index in [0.29, 0.717) is 0 Å². The van der Waals surface area contributed by atoms with Gasteiger partial charge < -0.3 is 5.73 Å². The third-order valence-electron chi connectivity index (χ3n) is 4.15. The van der Waals surface area contributed by atoms with E-state index in [1.165, 1.54) is 24.6 Å². The first-order valence-electron chi connectivity index (χ1n) is 7.40. The van der Waals surface area contributed by atoms with Crippen molar-refractivity contribution in [2.45, 2.75) is 43.0 Å². The topological polar surface area (TPSA) is 96.0 Å². The van der Waals surface area contributed by atoms with Crippen molar-refractivity contribution in [1.82, 2.24) is 4.72 Å². The van der Waals surface area contributed by atoms with Crippen molar-refractivity contribution < 1.29 is 8.42 Å². The highest BCUT2D eigenvalue weighted by Crippen LogP contribution is 2.27. The van der Waals surface area contributed by atoms with E-state index in [4.69, 9.17) is 22.6 Å². The first-order valence-corrected chi connectivity index (χ1v) is 9.26. The molecule has 0 saturated heterocycles. The number of benzene rings is 1. The molecule has 1 aliphatic rings. The molecule has 1 saturated carbocycles. The summed E-state index contributed by atoms with van der Waals surface area (Å²) < 4.78 is 27.7. The first kappa shape index (κ1) is 17.2. The average molecular weight is 342 g/mol. The molecule has 120 valence electrons. The van der Waals surface area contributed by atoms with E-state index >= 15 is 0 Å². The van der Waals surface area contributed by atoms with Gasteiger partial charge in [-0.2, -0.15) is 5.26 Å². The predicted molar refractivity (Wildman–Crippen MR) is 85.9 cm³/mol. The van der Waals surface area contributed by atoms with E-state index in [0.717, 1.165) is 25.7 Å². The van der Waals surface area contributed by atoms with Crippen molar-refractivity contribution in [3.05, 3.63) is 28.8 Å². The third kappa shape index (κ3) is 3.99. The average Bonchev–Trinajstić information content (AvgIpc) is 2.53. The summed E-state index contributed by atoms with van der Waals surface area (Å²) in [6.45, 7) is 0.272. The second-order valence-corrected chi connectivity index (χ2v) is 7.74. The molecule has 3 N–H and O–H groups in total. The molecule has 7 heteroatoms. The van der Waals surface area contributed by atoms with Crippen LogP contribution in [0.2, 0.25) is 5.02 Å². The minimum absolute atomic E-state index is 0.0609. The summed E-state index contributed by atoms with van der Waals surface area (Å²) in [5.41, 5.74) is 6.02. The highest BCUT2D eigenvalue weighted by atomic mass is 35.5. The standard InChI is InChI=1S/C15H20ClN3O2S/c16-14-8-13(7-6-12(14)9-17)22(20,21)19-15(10-18)11-4-2-1-3-5-11/h6-8,11,15,19H,1-5,10,18H2. The molecule has 0 aromatic heterocycles. The number of nitriles is 1. The van der Waals surface area contributed by atoms with E-state index in [9.17, 15) is 8.42 Å². The van der Waals surface area contributed by atoms with Crippen LogP contribution in [0.15, 0.2) is 23.1 Å². The Morgan fingerprint density at radius 3 is 2.59 bits per heavy atom. The molecule has 0 bridgehead atoms. The molecule has 0 spiro atoms. The lowest BCUT2D eigenvalue weighted by molar-refractivity contribution is 0.294. The molecule has 0 amide bonds. The number of nitrogens with one attached hydrogen (secondary N) is 1. The minimum atomic E-state index is -3.69. The van der Waals surface area contributed by atoms with Crippen molar-refractivity contribution in [2.75, 3.05) is 6.54 Å². The molecular weight excluding hydrogens is 322 g/mol. The van der Waals surface area contributed by atoms with Crippen LogP contribution in [0, 0.1) is 17.2 Å². The fourth-order valence-corrected chi connectivity index (χ4v) is 4.53. The Bertz CT molecular complexity index is 664. The van der Waals surface area contributed by atoms with Crippen LogP contribution < -0.4 is 10.5 Å². The van der Waals surface area contributed by atoms with Gasteiger partial charge in [0, 0.05) is 12.6 Å². The smallest absolute Gasteiger partial charge is 0.240 e. The summed E-state index contributed by atoms with van der Waals surface area (Å²) in [6, 6.07) is 5.75. The number of sulfonamides is 1. The summed E-state index contributed by atoms with van der Waals surface area (Å²) in [6.07, 6.45) is 5.43. The van der Waals surface area contributed by atoms with E-state index in [-0.39, 0.29) is 34.0 Å². The van der Waals surface area contributed by atoms with Gasteiger partial charge in [-0.05, 0) is 37.0 Å². The molecule has 1 aromatic carbocycles. The Labute approximate surface area is 136 Å². The number of hydrogen-bond donors (Lipinski definition) is 2. The van der Waals surface area contributed by atoms with Gasteiger partial charge in [-0.15, -0.1) is 0 Å². The molecule has 0 aliphatic heterocycles. The van der Waals surface area contributed by atoms with Gasteiger partial charge in [-0.3, -0.25) is 0 Å². The molecule has 0 radical (unpaired) electrons. The van der Waals surface area contributed by atoms with Gasteiger partial charge in [0.1, 0.15) is 6.07 Å². The fraction of sp³-hybridized carbons (Fsp3) is 0.533. The summed E-state index contributed by atoms with van der Waals surface area (Å²) in [4.78, 5) is 0.0609. The lowest BCUT2D eigenvalue weighted by atomic mass is 9.84. The predicted octanol–water partition coefficient (Wildman–Crippen LogP) is 2.40. The molecular formula is C15H20ClN3O2S. The zero-order chi connectivity index (χ0) is 16.2. The van der Waals surface area contributed by atoms with E-state index in [1.807, 2.05) is 6.07 Å². The molecule has 22 heavy (non-hydrogen) atoms. The van der Waals surface area contributed by atoms with Crippen molar-refractivity contribution in [1.29, 1.82) is 5.26 Å². The maximum absolute atomic E-state index is 12.5. The van der Waals surface area contributed by atoms with Gasteiger partial charge in [0.15, 0.2) is 0 Å². The summed E-state index contributed by atoms with van der Waals surface area (Å²) in [5.74, 6) is 0.280. The van der Waals surface area contributed by atoms with Gasteiger partial charge in [0.25, 0.3) is 0 Å². The third-order valence-corrected chi connectivity index (χ3v) is 5.95. The molecule has 5 nitrogen and oxygen atoms in total. The summed E-state index contributed by atoms with van der Waals surface area (Å²) >= 11 is 5.92. The number of nitrogens with two attached hydrogens (primary N) is 1. The van der Waals surface area contributed by atoms with Gasteiger partial charge in [0.2, 0.25) is 10.0 Å². The molecule has 1 aromatic rings. The lowest BCUT2D eigenvalue weighted by Crippen LogP contribution is -2.45. The number of hydrogen-bond acceptors (Lipinski definition) is 4. The van der Waals surface area contributed by atoms with Crippen LogP contribution in [-0.4, -0.2) is 21.0 Å². The number of halogens is 1. The van der Waals surface area contributed by atoms with Crippen molar-refractivity contribution in [3.63, 3.8) is 0 Å². The Morgan fingerprint density at radius 2 is 2.05 bits per heavy atom. The molecule has 1 aliphatic carbocycles. The highest BCUT2D eigenvalue weighted by molar-refractivity contribution is 7.89. The zero-order valence-electron chi connectivity index (χ0n) is 12.3. The second kappa shape index (κ2) is 7.42. The Balaban J connectivity index is 2.18. The van der Waals surface area contributed by atoms with Crippen LogP contribution in [0.4, 0.5) is 0 Å². The van der Waals surface area contributed by atoms with E-state index < -0.39 is 10.0 Å². The molecule has 1 fully saturated rings. The Kier molecular flexibility index (Phi) is 5.81. The van der Waals surface area contributed by atoms with Crippen LogP contribution in [0.1, 0.15) is 37.7 Å². The van der Waals surface area contributed by atoms with Crippen LogP contribution in [-0.2, 0) is 10.0 Å². The summed E-state index contributed by atoms with van der Waals surface area (Å²) in [7, 11) is -3.69. The first-order chi connectivity index (χ1) is 10.5. The fourth-order valence-electron chi connectivity index (χ4n) is 2.89. The lowest BCUT2D eigenvalue weighted by Gasteiger charge is -2.29. The van der Waals surface area contributed by atoms with Crippen molar-refractivity contribution >= 4 is 21.6 Å². The van der Waals surface area contributed by atoms with Gasteiger partial charge in [0.05, 0.1) is 15.5 Å². The monoisotopic (exact) mass is 341 g/mol. The minimum Gasteiger partial charge on any atom is -0.329 e. The largest absolute Gasteiger partial charge is 0.329 e. The highest BCUT2D eigenvalue weighted by Gasteiger charge is 2.27. The molecule has 2 rings (SSSR count). The zero-order valence-corrected chi connectivity index (χ0v) is 13.8. The van der Waals surface area contributed by atoms with E-state index in [1.54, 1.807) is 0 Å². The molecule has 1 unspecified atom stereocenters. The quantitative estimate of drug-likeness (QED) is 0.859. The Morgan fingerprint density at radius 1 is 1.36 bits per heavy atom. The SMILES string of the molecule is N#Cc1ccc(S(=O)(=O)NC(CN)C2CCCCC2)cc1Cl. The Hall–Kier alpha value is -1.13. The van der Waals surface area contributed by atoms with Crippen molar-refractivity contribution in [3.8, 4) is 6.07 Å². The van der Waals surface area contributed by atoms with E-state index in [2.05, 4.69) is 4.72 Å². The van der Waals surface area contributed by atoms with Crippen LogP contribution in [0.25, 0.3) is 0 Å². The van der Waals surface area contributed by atoms with Gasteiger partial charge >= 0.3 is 0 Å².